The summed E-state index contributed by atoms with van der Waals surface area (Å²) in [5.74, 6) is -0.113. The van der Waals surface area contributed by atoms with E-state index in [9.17, 15) is 4.79 Å². The number of hydrogen-bond donors (Lipinski definition) is 1. The van der Waals surface area contributed by atoms with Crippen molar-refractivity contribution in [2.75, 3.05) is 13.7 Å². The fourth-order valence-electron chi connectivity index (χ4n) is 2.22. The first-order chi connectivity index (χ1) is 7.14. The molecule has 3 heteroatoms. The van der Waals surface area contributed by atoms with Gasteiger partial charge < -0.3 is 10.1 Å². The van der Waals surface area contributed by atoms with Crippen molar-refractivity contribution in [1.82, 2.24) is 5.32 Å². The summed E-state index contributed by atoms with van der Waals surface area (Å²) in [5, 5.41) is 3.46. The second-order valence-electron chi connectivity index (χ2n) is 4.06. The zero-order chi connectivity index (χ0) is 11.7. The molecule has 0 saturated carbocycles. The summed E-state index contributed by atoms with van der Waals surface area (Å²) in [6, 6.07) is 0. The van der Waals surface area contributed by atoms with E-state index < -0.39 is 0 Å². The zero-order valence-electron chi connectivity index (χ0n) is 10.6. The van der Waals surface area contributed by atoms with E-state index in [4.69, 9.17) is 4.74 Å². The molecule has 0 aromatic carbocycles. The van der Waals surface area contributed by atoms with Gasteiger partial charge in [0.1, 0.15) is 0 Å². The summed E-state index contributed by atoms with van der Waals surface area (Å²) in [6.07, 6.45) is 4.72. The number of rotatable bonds is 8. The summed E-state index contributed by atoms with van der Waals surface area (Å²) < 4.78 is 4.77. The highest BCUT2D eigenvalue weighted by molar-refractivity contribution is 5.70. The van der Waals surface area contributed by atoms with Gasteiger partial charge in [0.15, 0.2) is 0 Å². The molecule has 0 radical (unpaired) electrons. The molecule has 0 amide bonds. The van der Waals surface area contributed by atoms with E-state index in [2.05, 4.69) is 26.1 Å². The number of ether oxygens (including phenoxy) is 1. The van der Waals surface area contributed by atoms with E-state index in [-0.39, 0.29) is 11.5 Å². The standard InChI is InChI=1S/C12H25NO2/c1-5-8-12(9-6-2,13-7-3)10-11(14)15-4/h13H,5-10H2,1-4H3. The van der Waals surface area contributed by atoms with Crippen molar-refractivity contribution < 1.29 is 9.53 Å². The van der Waals surface area contributed by atoms with Gasteiger partial charge in [0.2, 0.25) is 0 Å². The van der Waals surface area contributed by atoms with Gasteiger partial charge in [-0.3, -0.25) is 4.79 Å². The van der Waals surface area contributed by atoms with Crippen LogP contribution in [0.2, 0.25) is 0 Å². The van der Waals surface area contributed by atoms with E-state index in [1.807, 2.05) is 0 Å². The highest BCUT2D eigenvalue weighted by Crippen LogP contribution is 2.24. The molecule has 0 unspecified atom stereocenters. The second kappa shape index (κ2) is 7.69. The minimum Gasteiger partial charge on any atom is -0.469 e. The first-order valence-electron chi connectivity index (χ1n) is 5.96. The first-order valence-corrected chi connectivity index (χ1v) is 5.96. The van der Waals surface area contributed by atoms with Crippen molar-refractivity contribution >= 4 is 5.97 Å². The van der Waals surface area contributed by atoms with E-state index in [0.717, 1.165) is 32.2 Å². The number of carbonyl (C=O) groups excluding carboxylic acids is 1. The average Bonchev–Trinajstić information content (AvgIpc) is 2.18. The number of esters is 1. The van der Waals surface area contributed by atoms with Crippen LogP contribution in [0.15, 0.2) is 0 Å². The summed E-state index contributed by atoms with van der Waals surface area (Å²) in [5.41, 5.74) is -0.0503. The van der Waals surface area contributed by atoms with Crippen LogP contribution in [-0.2, 0) is 9.53 Å². The fraction of sp³-hybridized carbons (Fsp3) is 0.917. The summed E-state index contributed by atoms with van der Waals surface area (Å²) in [4.78, 5) is 11.4. The maximum absolute atomic E-state index is 11.4. The van der Waals surface area contributed by atoms with Crippen LogP contribution in [-0.4, -0.2) is 25.2 Å². The van der Waals surface area contributed by atoms with Crippen LogP contribution >= 0.6 is 0 Å². The summed E-state index contributed by atoms with van der Waals surface area (Å²) >= 11 is 0. The summed E-state index contributed by atoms with van der Waals surface area (Å²) in [6.45, 7) is 7.28. The zero-order valence-corrected chi connectivity index (χ0v) is 10.6. The van der Waals surface area contributed by atoms with Crippen LogP contribution in [0.5, 0.6) is 0 Å². The SMILES string of the molecule is CCCC(CCC)(CC(=O)OC)NCC. The Labute approximate surface area is 93.6 Å². The lowest BCUT2D eigenvalue weighted by Crippen LogP contribution is -2.46. The van der Waals surface area contributed by atoms with Crippen molar-refractivity contribution in [3.63, 3.8) is 0 Å². The van der Waals surface area contributed by atoms with E-state index in [0.29, 0.717) is 6.42 Å². The van der Waals surface area contributed by atoms with Gasteiger partial charge in [0.25, 0.3) is 0 Å². The Kier molecular flexibility index (Phi) is 7.39. The molecule has 3 nitrogen and oxygen atoms in total. The lowest BCUT2D eigenvalue weighted by Gasteiger charge is -2.33. The predicted octanol–water partition coefficient (Wildman–Crippen LogP) is 2.50. The third-order valence-electron chi connectivity index (χ3n) is 2.72. The van der Waals surface area contributed by atoms with Gasteiger partial charge in [-0.15, -0.1) is 0 Å². The molecule has 0 aromatic heterocycles. The molecule has 0 aliphatic carbocycles. The lowest BCUT2D eigenvalue weighted by molar-refractivity contribution is -0.142. The number of methoxy groups -OCH3 is 1. The van der Waals surface area contributed by atoms with Gasteiger partial charge in [-0.05, 0) is 19.4 Å². The quantitative estimate of drug-likeness (QED) is 0.632. The van der Waals surface area contributed by atoms with Crippen LogP contribution in [0.4, 0.5) is 0 Å². The Hall–Kier alpha value is -0.570. The monoisotopic (exact) mass is 215 g/mol. The lowest BCUT2D eigenvalue weighted by atomic mass is 9.85. The molecule has 0 rings (SSSR count). The van der Waals surface area contributed by atoms with E-state index >= 15 is 0 Å². The topological polar surface area (TPSA) is 38.3 Å². The van der Waals surface area contributed by atoms with Crippen molar-refractivity contribution in [2.45, 2.75) is 58.4 Å². The molecule has 0 fully saturated rings. The van der Waals surface area contributed by atoms with Crippen LogP contribution in [0, 0.1) is 0 Å². The van der Waals surface area contributed by atoms with E-state index in [1.54, 1.807) is 0 Å². The Bertz CT molecular complexity index is 163. The molecule has 1 N–H and O–H groups in total. The van der Waals surface area contributed by atoms with Gasteiger partial charge >= 0.3 is 5.97 Å². The van der Waals surface area contributed by atoms with Gasteiger partial charge in [-0.1, -0.05) is 33.6 Å². The van der Waals surface area contributed by atoms with Gasteiger partial charge in [-0.25, -0.2) is 0 Å². The third kappa shape index (κ3) is 5.17. The number of carbonyl (C=O) groups is 1. The highest BCUT2D eigenvalue weighted by Gasteiger charge is 2.30. The number of nitrogens with one attached hydrogen (secondary N) is 1. The fourth-order valence-corrected chi connectivity index (χ4v) is 2.22. The smallest absolute Gasteiger partial charge is 0.307 e. The molecule has 0 atom stereocenters. The van der Waals surface area contributed by atoms with Crippen molar-refractivity contribution in [2.24, 2.45) is 0 Å². The molecule has 0 heterocycles. The van der Waals surface area contributed by atoms with Crippen LogP contribution in [0.1, 0.15) is 52.9 Å². The largest absolute Gasteiger partial charge is 0.469 e. The maximum atomic E-state index is 11.4. The summed E-state index contributed by atoms with van der Waals surface area (Å²) in [7, 11) is 1.46. The number of hydrogen-bond acceptors (Lipinski definition) is 3. The Morgan fingerprint density at radius 1 is 1.20 bits per heavy atom. The van der Waals surface area contributed by atoms with Crippen LogP contribution in [0.25, 0.3) is 0 Å². The Morgan fingerprint density at radius 3 is 2.07 bits per heavy atom. The van der Waals surface area contributed by atoms with E-state index in [1.165, 1.54) is 7.11 Å². The Morgan fingerprint density at radius 2 is 1.73 bits per heavy atom. The molecule has 0 bridgehead atoms. The molecule has 0 spiro atoms. The molecular formula is C12H25NO2. The molecular weight excluding hydrogens is 190 g/mol. The van der Waals surface area contributed by atoms with Crippen molar-refractivity contribution in [1.29, 1.82) is 0 Å². The minimum atomic E-state index is -0.113. The van der Waals surface area contributed by atoms with Crippen molar-refractivity contribution in [3.8, 4) is 0 Å². The Balaban J connectivity index is 4.51. The van der Waals surface area contributed by atoms with Gasteiger partial charge in [0, 0.05) is 5.54 Å². The average molecular weight is 215 g/mol. The highest BCUT2D eigenvalue weighted by atomic mass is 16.5. The molecule has 0 aliphatic heterocycles. The molecule has 0 aromatic rings. The normalized spacial score (nSPS) is 11.5. The molecule has 0 aliphatic rings. The van der Waals surface area contributed by atoms with Crippen LogP contribution < -0.4 is 5.32 Å². The molecule has 0 saturated heterocycles. The third-order valence-corrected chi connectivity index (χ3v) is 2.72. The first kappa shape index (κ1) is 14.4. The predicted molar refractivity (Wildman–Crippen MR) is 62.9 cm³/mol. The van der Waals surface area contributed by atoms with Crippen LogP contribution in [0.3, 0.4) is 0 Å². The molecule has 90 valence electrons. The maximum Gasteiger partial charge on any atom is 0.307 e. The van der Waals surface area contributed by atoms with Gasteiger partial charge in [-0.2, -0.15) is 0 Å². The van der Waals surface area contributed by atoms with Gasteiger partial charge in [0.05, 0.1) is 13.5 Å². The minimum absolute atomic E-state index is 0.0503. The molecule has 15 heavy (non-hydrogen) atoms. The van der Waals surface area contributed by atoms with Crippen molar-refractivity contribution in [3.05, 3.63) is 0 Å². The second-order valence-corrected chi connectivity index (χ2v) is 4.06.